The van der Waals surface area contributed by atoms with Crippen molar-refractivity contribution in [1.82, 2.24) is 10.6 Å². The van der Waals surface area contributed by atoms with Gasteiger partial charge in [-0.15, -0.1) is 0 Å². The molecule has 2 atom stereocenters. The molecule has 2 amide bonds. The van der Waals surface area contributed by atoms with Crippen molar-refractivity contribution >= 4 is 37.1 Å². The van der Waals surface area contributed by atoms with Crippen LogP contribution in [0.25, 0.3) is 0 Å². The summed E-state index contributed by atoms with van der Waals surface area (Å²) < 4.78 is 0. The molecule has 0 rings (SSSR count). The zero-order chi connectivity index (χ0) is 11.8. The van der Waals surface area contributed by atoms with E-state index in [0.717, 1.165) is 0 Å². The SMILES string of the molecule is CCNC(=O)C(S)CC(S)C(=O)NCC. The van der Waals surface area contributed by atoms with Crippen molar-refractivity contribution in [1.29, 1.82) is 0 Å². The molecule has 2 N–H and O–H groups in total. The van der Waals surface area contributed by atoms with Gasteiger partial charge in [-0.05, 0) is 20.3 Å². The molecule has 15 heavy (non-hydrogen) atoms. The van der Waals surface area contributed by atoms with Crippen molar-refractivity contribution in [2.45, 2.75) is 30.8 Å². The normalized spacial score (nSPS) is 14.1. The number of carbonyl (C=O) groups excluding carboxylic acids is 2. The molecule has 6 heteroatoms. The van der Waals surface area contributed by atoms with Crippen molar-refractivity contribution in [3.05, 3.63) is 0 Å². The van der Waals surface area contributed by atoms with Crippen molar-refractivity contribution in [2.24, 2.45) is 0 Å². The highest BCUT2D eigenvalue weighted by Crippen LogP contribution is 2.10. The maximum atomic E-state index is 11.3. The average molecular weight is 250 g/mol. The lowest BCUT2D eigenvalue weighted by Crippen LogP contribution is -2.37. The minimum atomic E-state index is -0.491. The topological polar surface area (TPSA) is 58.2 Å². The molecule has 0 spiro atoms. The van der Waals surface area contributed by atoms with Gasteiger partial charge in [0.2, 0.25) is 11.8 Å². The Labute approximate surface area is 101 Å². The van der Waals surface area contributed by atoms with Gasteiger partial charge in [0, 0.05) is 13.1 Å². The lowest BCUT2D eigenvalue weighted by atomic mass is 10.2. The van der Waals surface area contributed by atoms with E-state index >= 15 is 0 Å². The van der Waals surface area contributed by atoms with E-state index in [2.05, 4.69) is 35.9 Å². The van der Waals surface area contributed by atoms with Crippen LogP contribution >= 0.6 is 25.3 Å². The summed E-state index contributed by atoms with van der Waals surface area (Å²) in [6.45, 7) is 4.79. The zero-order valence-electron chi connectivity index (χ0n) is 8.99. The molecule has 0 aromatic carbocycles. The first-order valence-electron chi connectivity index (χ1n) is 4.94. The number of carbonyl (C=O) groups is 2. The number of amides is 2. The maximum Gasteiger partial charge on any atom is 0.232 e. The van der Waals surface area contributed by atoms with Crippen molar-refractivity contribution in [3.63, 3.8) is 0 Å². The average Bonchev–Trinajstić information content (AvgIpc) is 2.18. The molecule has 88 valence electrons. The number of rotatable bonds is 6. The van der Waals surface area contributed by atoms with E-state index in [1.807, 2.05) is 13.8 Å². The first-order valence-corrected chi connectivity index (χ1v) is 5.97. The molecular weight excluding hydrogens is 232 g/mol. The van der Waals surface area contributed by atoms with E-state index in [-0.39, 0.29) is 11.8 Å². The number of nitrogens with one attached hydrogen (secondary N) is 2. The van der Waals surface area contributed by atoms with Gasteiger partial charge < -0.3 is 10.6 Å². The number of hydrogen-bond donors (Lipinski definition) is 4. The Morgan fingerprint density at radius 1 is 1.00 bits per heavy atom. The molecule has 4 nitrogen and oxygen atoms in total. The Hall–Kier alpha value is -0.360. The van der Waals surface area contributed by atoms with Gasteiger partial charge in [0.15, 0.2) is 0 Å². The predicted octanol–water partition coefficient (Wildman–Crippen LogP) is 0.245. The summed E-state index contributed by atoms with van der Waals surface area (Å²) >= 11 is 8.24. The zero-order valence-corrected chi connectivity index (χ0v) is 10.8. The van der Waals surface area contributed by atoms with Gasteiger partial charge in [-0.1, -0.05) is 0 Å². The predicted molar refractivity (Wildman–Crippen MR) is 67.5 cm³/mol. The summed E-state index contributed by atoms with van der Waals surface area (Å²) in [6, 6.07) is 0. The third-order valence-corrected chi connectivity index (χ3v) is 2.64. The summed E-state index contributed by atoms with van der Waals surface area (Å²) in [5, 5.41) is 4.30. The van der Waals surface area contributed by atoms with Crippen LogP contribution in [0, 0.1) is 0 Å². The summed E-state index contributed by atoms with van der Waals surface area (Å²) in [6.07, 6.45) is 0.323. The lowest BCUT2D eigenvalue weighted by molar-refractivity contribution is -0.121. The standard InChI is InChI=1S/C9H18N2O2S2/c1-3-10-8(12)6(14)5-7(15)9(13)11-4-2/h6-7,14-15H,3-5H2,1-2H3,(H,10,12)(H,11,13). The van der Waals surface area contributed by atoms with Gasteiger partial charge in [-0.25, -0.2) is 0 Å². The molecule has 0 fully saturated rings. The van der Waals surface area contributed by atoms with Crippen LogP contribution in [0.15, 0.2) is 0 Å². The van der Waals surface area contributed by atoms with E-state index in [0.29, 0.717) is 19.5 Å². The van der Waals surface area contributed by atoms with Crippen molar-refractivity contribution in [3.8, 4) is 0 Å². The highest BCUT2D eigenvalue weighted by molar-refractivity contribution is 7.82. The number of hydrogen-bond acceptors (Lipinski definition) is 4. The van der Waals surface area contributed by atoms with Gasteiger partial charge in [-0.3, -0.25) is 9.59 Å². The summed E-state index contributed by atoms with van der Waals surface area (Å²) in [4.78, 5) is 22.6. The van der Waals surface area contributed by atoms with Crippen LogP contribution < -0.4 is 10.6 Å². The summed E-state index contributed by atoms with van der Waals surface area (Å²) in [5.41, 5.74) is 0. The van der Waals surface area contributed by atoms with E-state index < -0.39 is 10.5 Å². The van der Waals surface area contributed by atoms with Gasteiger partial charge in [0.05, 0.1) is 10.5 Å². The molecule has 0 heterocycles. The molecule has 0 aliphatic carbocycles. The minimum absolute atomic E-state index is 0.163. The Morgan fingerprint density at radius 2 is 1.33 bits per heavy atom. The second-order valence-electron chi connectivity index (χ2n) is 3.06. The highest BCUT2D eigenvalue weighted by Gasteiger charge is 2.21. The Balaban J connectivity index is 3.99. The third-order valence-electron chi connectivity index (χ3n) is 1.75. The molecule has 0 bridgehead atoms. The second kappa shape index (κ2) is 7.87. The highest BCUT2D eigenvalue weighted by atomic mass is 32.1. The van der Waals surface area contributed by atoms with Crippen LogP contribution in [-0.2, 0) is 9.59 Å². The van der Waals surface area contributed by atoms with E-state index in [9.17, 15) is 9.59 Å². The molecule has 0 aliphatic heterocycles. The molecular formula is C9H18N2O2S2. The van der Waals surface area contributed by atoms with Gasteiger partial charge >= 0.3 is 0 Å². The second-order valence-corrected chi connectivity index (χ2v) is 4.30. The molecule has 0 aromatic heterocycles. The third kappa shape index (κ3) is 5.94. The van der Waals surface area contributed by atoms with E-state index in [4.69, 9.17) is 0 Å². The molecule has 0 saturated carbocycles. The molecule has 0 aromatic rings. The number of thiol groups is 2. The van der Waals surface area contributed by atoms with Gasteiger partial charge in [-0.2, -0.15) is 25.3 Å². The summed E-state index contributed by atoms with van der Waals surface area (Å²) in [5.74, 6) is -0.326. The van der Waals surface area contributed by atoms with Crippen LogP contribution in [-0.4, -0.2) is 35.4 Å². The Kier molecular flexibility index (Phi) is 7.68. The lowest BCUT2D eigenvalue weighted by Gasteiger charge is -2.14. The Morgan fingerprint density at radius 3 is 1.60 bits per heavy atom. The molecule has 0 saturated heterocycles. The first-order chi connectivity index (χ1) is 7.02. The molecule has 0 aliphatic rings. The largest absolute Gasteiger partial charge is 0.355 e. The fraction of sp³-hybridized carbons (Fsp3) is 0.778. The van der Waals surface area contributed by atoms with Crippen LogP contribution in [0.5, 0.6) is 0 Å². The van der Waals surface area contributed by atoms with Crippen molar-refractivity contribution in [2.75, 3.05) is 13.1 Å². The van der Waals surface area contributed by atoms with Crippen LogP contribution in [0.2, 0.25) is 0 Å². The summed E-state index contributed by atoms with van der Waals surface area (Å²) in [7, 11) is 0. The molecule has 2 unspecified atom stereocenters. The first kappa shape index (κ1) is 14.6. The van der Waals surface area contributed by atoms with E-state index in [1.165, 1.54) is 0 Å². The minimum Gasteiger partial charge on any atom is -0.355 e. The maximum absolute atomic E-state index is 11.3. The smallest absolute Gasteiger partial charge is 0.232 e. The van der Waals surface area contributed by atoms with Crippen molar-refractivity contribution < 1.29 is 9.59 Å². The fourth-order valence-corrected chi connectivity index (χ4v) is 1.78. The monoisotopic (exact) mass is 250 g/mol. The van der Waals surface area contributed by atoms with Crippen LogP contribution in [0.1, 0.15) is 20.3 Å². The quantitative estimate of drug-likeness (QED) is 0.511. The van der Waals surface area contributed by atoms with Crippen LogP contribution in [0.4, 0.5) is 0 Å². The van der Waals surface area contributed by atoms with Crippen LogP contribution in [0.3, 0.4) is 0 Å². The van der Waals surface area contributed by atoms with Gasteiger partial charge in [0.25, 0.3) is 0 Å². The molecule has 0 radical (unpaired) electrons. The van der Waals surface area contributed by atoms with E-state index in [1.54, 1.807) is 0 Å². The Bertz CT molecular complexity index is 202. The fourth-order valence-electron chi connectivity index (χ4n) is 1.01. The van der Waals surface area contributed by atoms with Gasteiger partial charge in [0.1, 0.15) is 0 Å².